The second kappa shape index (κ2) is 6.71. The van der Waals surface area contributed by atoms with Crippen LogP contribution in [0.15, 0.2) is 71.9 Å². The molecule has 0 aromatic heterocycles. The van der Waals surface area contributed by atoms with Gasteiger partial charge in [-0.1, -0.05) is 54.1 Å². The van der Waals surface area contributed by atoms with Crippen molar-refractivity contribution >= 4 is 39.9 Å². The fourth-order valence-corrected chi connectivity index (χ4v) is 4.37. The van der Waals surface area contributed by atoms with Gasteiger partial charge in [-0.05, 0) is 34.5 Å². The number of ether oxygens (including phenoxy) is 1. The van der Waals surface area contributed by atoms with E-state index in [9.17, 15) is 14.0 Å². The number of amides is 1. The van der Waals surface area contributed by atoms with Crippen LogP contribution in [0.25, 0.3) is 10.8 Å². The van der Waals surface area contributed by atoms with Gasteiger partial charge in [0.05, 0.1) is 22.0 Å². The van der Waals surface area contributed by atoms with Crippen LogP contribution in [0, 0.1) is 5.82 Å². The molecule has 0 fully saturated rings. The number of hydrogen-bond acceptors (Lipinski definition) is 3. The lowest BCUT2D eigenvalue weighted by molar-refractivity contribution is -0.136. The number of benzene rings is 3. The summed E-state index contributed by atoms with van der Waals surface area (Å²) < 4.78 is 18.9. The summed E-state index contributed by atoms with van der Waals surface area (Å²) in [6.07, 6.45) is 0.108. The monoisotopic (exact) mass is 407 g/mol. The molecule has 0 saturated heterocycles. The molecule has 4 nitrogen and oxygen atoms in total. The third-order valence-electron chi connectivity index (χ3n) is 5.48. The van der Waals surface area contributed by atoms with Gasteiger partial charge in [0.15, 0.2) is 0 Å². The molecule has 1 unspecified atom stereocenters. The highest BCUT2D eigenvalue weighted by Crippen LogP contribution is 2.44. The number of carbonyl (C=O) groups excluding carboxylic acids is 2. The third kappa shape index (κ3) is 2.81. The highest BCUT2D eigenvalue weighted by molar-refractivity contribution is 6.31. The summed E-state index contributed by atoms with van der Waals surface area (Å²) in [5, 5.41) is 1.95. The average molecular weight is 408 g/mol. The first-order valence-electron chi connectivity index (χ1n) is 9.20. The average Bonchev–Trinajstić information content (AvgIpc) is 3.11. The minimum atomic E-state index is -0.568. The number of esters is 1. The van der Waals surface area contributed by atoms with Crippen molar-refractivity contribution in [3.8, 4) is 0 Å². The molecule has 0 spiro atoms. The Morgan fingerprint density at radius 2 is 1.83 bits per heavy atom. The van der Waals surface area contributed by atoms with E-state index in [0.29, 0.717) is 17.0 Å². The van der Waals surface area contributed by atoms with E-state index in [0.717, 1.165) is 16.3 Å². The number of halogens is 2. The van der Waals surface area contributed by atoms with Crippen LogP contribution in [0.5, 0.6) is 0 Å². The van der Waals surface area contributed by atoms with Crippen molar-refractivity contribution in [2.45, 2.75) is 12.3 Å². The second-order valence-electron chi connectivity index (χ2n) is 7.09. The zero-order valence-electron chi connectivity index (χ0n) is 15.2. The van der Waals surface area contributed by atoms with Crippen LogP contribution < -0.4 is 4.90 Å². The standard InChI is InChI=1S/C23H15ClFNO3/c24-18-10-14(8-9-19(18)25)26-20-12-29-23(28)22(20)17(11-21(26)27)16-7-3-5-13-4-1-2-6-15(13)16/h1-10,17H,11-12H2. The Morgan fingerprint density at radius 3 is 2.66 bits per heavy atom. The first-order chi connectivity index (χ1) is 14.0. The SMILES string of the molecule is O=C1OCC2=C1C(c1cccc3ccccc13)CC(=O)N2c1ccc(F)c(Cl)c1. The molecule has 0 saturated carbocycles. The molecule has 2 aliphatic heterocycles. The van der Waals surface area contributed by atoms with Gasteiger partial charge in [0.1, 0.15) is 12.4 Å². The first kappa shape index (κ1) is 17.9. The van der Waals surface area contributed by atoms with E-state index in [1.807, 2.05) is 42.5 Å². The zero-order chi connectivity index (χ0) is 20.1. The van der Waals surface area contributed by atoms with Gasteiger partial charge in [0.2, 0.25) is 5.91 Å². The maximum Gasteiger partial charge on any atom is 0.336 e. The van der Waals surface area contributed by atoms with Crippen molar-refractivity contribution in [1.29, 1.82) is 0 Å². The number of carbonyl (C=O) groups is 2. The predicted molar refractivity (Wildman–Crippen MR) is 108 cm³/mol. The lowest BCUT2D eigenvalue weighted by Crippen LogP contribution is -2.37. The minimum Gasteiger partial charge on any atom is -0.456 e. The number of fused-ring (bicyclic) bond motifs is 1. The Balaban J connectivity index is 1.68. The van der Waals surface area contributed by atoms with E-state index in [1.54, 1.807) is 0 Å². The molecule has 0 N–H and O–H groups in total. The Morgan fingerprint density at radius 1 is 1.03 bits per heavy atom. The minimum absolute atomic E-state index is 0.00380. The van der Waals surface area contributed by atoms with E-state index in [4.69, 9.17) is 16.3 Å². The smallest absolute Gasteiger partial charge is 0.336 e. The Hall–Kier alpha value is -3.18. The predicted octanol–water partition coefficient (Wildman–Crippen LogP) is 4.96. The molecule has 3 aromatic carbocycles. The third-order valence-corrected chi connectivity index (χ3v) is 5.77. The van der Waals surface area contributed by atoms with Crippen molar-refractivity contribution in [3.63, 3.8) is 0 Å². The summed E-state index contributed by atoms with van der Waals surface area (Å²) in [6.45, 7) is -0.00380. The molecule has 0 bridgehead atoms. The summed E-state index contributed by atoms with van der Waals surface area (Å²) in [4.78, 5) is 27.2. The van der Waals surface area contributed by atoms with Crippen LogP contribution in [0.4, 0.5) is 10.1 Å². The number of anilines is 1. The number of nitrogens with zero attached hydrogens (tertiary/aromatic N) is 1. The van der Waals surface area contributed by atoms with E-state index < -0.39 is 17.7 Å². The van der Waals surface area contributed by atoms with E-state index in [-0.39, 0.29) is 24.0 Å². The summed E-state index contributed by atoms with van der Waals surface area (Å²) in [7, 11) is 0. The largest absolute Gasteiger partial charge is 0.456 e. The maximum absolute atomic E-state index is 13.6. The van der Waals surface area contributed by atoms with Crippen molar-refractivity contribution in [2.75, 3.05) is 11.5 Å². The maximum atomic E-state index is 13.6. The van der Waals surface area contributed by atoms with Gasteiger partial charge in [-0.15, -0.1) is 0 Å². The molecular formula is C23H15ClFNO3. The number of cyclic esters (lactones) is 1. The normalized spacial score (nSPS) is 19.0. The lowest BCUT2D eigenvalue weighted by Gasteiger charge is -2.32. The van der Waals surface area contributed by atoms with E-state index in [2.05, 4.69) is 0 Å². The fourth-order valence-electron chi connectivity index (χ4n) is 4.20. The van der Waals surface area contributed by atoms with E-state index >= 15 is 0 Å². The highest BCUT2D eigenvalue weighted by atomic mass is 35.5. The van der Waals surface area contributed by atoms with Gasteiger partial charge < -0.3 is 4.74 Å². The van der Waals surface area contributed by atoms with Gasteiger partial charge in [-0.2, -0.15) is 0 Å². The highest BCUT2D eigenvalue weighted by Gasteiger charge is 2.43. The van der Waals surface area contributed by atoms with Crippen molar-refractivity contribution in [2.24, 2.45) is 0 Å². The zero-order valence-corrected chi connectivity index (χ0v) is 15.9. The molecule has 1 amide bonds. The second-order valence-corrected chi connectivity index (χ2v) is 7.50. The molecule has 5 rings (SSSR count). The van der Waals surface area contributed by atoms with Crippen molar-refractivity contribution in [3.05, 3.63) is 88.3 Å². The van der Waals surface area contributed by atoms with Gasteiger partial charge >= 0.3 is 5.97 Å². The molecule has 29 heavy (non-hydrogen) atoms. The first-order valence-corrected chi connectivity index (χ1v) is 9.58. The topological polar surface area (TPSA) is 46.6 Å². The van der Waals surface area contributed by atoms with Crippen LogP contribution in [0.1, 0.15) is 17.9 Å². The van der Waals surface area contributed by atoms with Gasteiger partial charge in [0.25, 0.3) is 0 Å². The quantitative estimate of drug-likeness (QED) is 0.564. The summed E-state index contributed by atoms with van der Waals surface area (Å²) in [6, 6.07) is 17.8. The molecule has 1 atom stereocenters. The molecule has 6 heteroatoms. The van der Waals surface area contributed by atoms with Crippen molar-refractivity contribution in [1.82, 2.24) is 0 Å². The van der Waals surface area contributed by atoms with Crippen LogP contribution in [0.2, 0.25) is 5.02 Å². The van der Waals surface area contributed by atoms with Gasteiger partial charge in [-0.3, -0.25) is 9.69 Å². The van der Waals surface area contributed by atoms with Crippen LogP contribution >= 0.6 is 11.6 Å². The van der Waals surface area contributed by atoms with Gasteiger partial charge in [-0.25, -0.2) is 9.18 Å². The van der Waals surface area contributed by atoms with Crippen LogP contribution in [0.3, 0.4) is 0 Å². The van der Waals surface area contributed by atoms with Crippen molar-refractivity contribution < 1.29 is 18.7 Å². The molecule has 2 aliphatic rings. The van der Waals surface area contributed by atoms with Crippen LogP contribution in [-0.2, 0) is 14.3 Å². The molecule has 144 valence electrons. The summed E-state index contributed by atoms with van der Waals surface area (Å²) >= 11 is 5.92. The summed E-state index contributed by atoms with van der Waals surface area (Å²) in [5.74, 6) is -1.58. The lowest BCUT2D eigenvalue weighted by atomic mass is 9.82. The molecule has 0 radical (unpaired) electrons. The Bertz CT molecular complexity index is 1210. The Kier molecular flexibility index (Phi) is 4.14. The number of hydrogen-bond donors (Lipinski definition) is 0. The Labute approximate surface area is 171 Å². The molecule has 2 heterocycles. The molecule has 3 aromatic rings. The van der Waals surface area contributed by atoms with E-state index in [1.165, 1.54) is 23.1 Å². The van der Waals surface area contributed by atoms with Gasteiger partial charge in [0, 0.05) is 12.3 Å². The fraction of sp³-hybridized carbons (Fsp3) is 0.130. The molecule has 0 aliphatic carbocycles. The van der Waals surface area contributed by atoms with Crippen LogP contribution in [-0.4, -0.2) is 18.5 Å². The summed E-state index contributed by atoms with van der Waals surface area (Å²) in [5.41, 5.74) is 2.30. The number of rotatable bonds is 2. The molecular weight excluding hydrogens is 393 g/mol.